The van der Waals surface area contributed by atoms with Crippen LogP contribution in [0.25, 0.3) is 0 Å². The van der Waals surface area contributed by atoms with E-state index in [-0.39, 0.29) is 29.7 Å². The van der Waals surface area contributed by atoms with Crippen LogP contribution >= 0.6 is 24.0 Å². The zero-order valence-electron chi connectivity index (χ0n) is 15.2. The van der Waals surface area contributed by atoms with Crippen LogP contribution < -0.4 is 5.32 Å². The van der Waals surface area contributed by atoms with Crippen LogP contribution in [0.15, 0.2) is 4.99 Å². The molecule has 0 bridgehead atoms. The molecule has 2 N–H and O–H groups in total. The summed E-state index contributed by atoms with van der Waals surface area (Å²) in [6, 6.07) is 0. The lowest BCUT2D eigenvalue weighted by molar-refractivity contribution is 0.0514. The monoisotopic (exact) mass is 485 g/mol. The Morgan fingerprint density at radius 3 is 2.32 bits per heavy atom. The Bertz CT molecular complexity index is 582. The van der Waals surface area contributed by atoms with Crippen molar-refractivity contribution in [1.82, 2.24) is 10.2 Å². The van der Waals surface area contributed by atoms with Gasteiger partial charge < -0.3 is 15.3 Å². The van der Waals surface area contributed by atoms with E-state index >= 15 is 0 Å². The number of nitrogens with zero attached hydrogens (tertiary/aromatic N) is 2. The third-order valence-corrected chi connectivity index (χ3v) is 8.73. The fourth-order valence-corrected chi connectivity index (χ4v) is 6.76. The van der Waals surface area contributed by atoms with Crippen molar-refractivity contribution >= 4 is 39.8 Å². The summed E-state index contributed by atoms with van der Waals surface area (Å²) in [7, 11) is -1.30. The van der Waals surface area contributed by atoms with Gasteiger partial charge in [-0.15, -0.1) is 24.0 Å². The molecule has 0 aromatic carbocycles. The van der Waals surface area contributed by atoms with Gasteiger partial charge in [-0.05, 0) is 25.7 Å². The topological polar surface area (TPSA) is 82.0 Å². The fourth-order valence-electron chi connectivity index (χ4n) is 4.60. The average molecular weight is 485 g/mol. The van der Waals surface area contributed by atoms with Gasteiger partial charge in [0.1, 0.15) is 0 Å². The first kappa shape index (κ1) is 21.2. The van der Waals surface area contributed by atoms with Gasteiger partial charge >= 0.3 is 0 Å². The van der Waals surface area contributed by atoms with E-state index in [4.69, 9.17) is 0 Å². The molecule has 0 aromatic heterocycles. The van der Waals surface area contributed by atoms with Crippen molar-refractivity contribution in [3.63, 3.8) is 0 Å². The summed E-state index contributed by atoms with van der Waals surface area (Å²) in [6.45, 7) is 1.52. The van der Waals surface area contributed by atoms with Gasteiger partial charge in [0.05, 0.1) is 16.1 Å². The normalized spacial score (nSPS) is 27.8. The Kier molecular flexibility index (Phi) is 7.03. The molecule has 3 rings (SSSR count). The van der Waals surface area contributed by atoms with E-state index in [1.807, 2.05) is 0 Å². The molecule has 3 fully saturated rings. The first-order valence-electron chi connectivity index (χ1n) is 9.30. The first-order valence-corrected chi connectivity index (χ1v) is 11.0. The van der Waals surface area contributed by atoms with E-state index in [1.54, 1.807) is 7.05 Å². The summed E-state index contributed by atoms with van der Waals surface area (Å²) in [5.41, 5.74) is -0.639. The Balaban J connectivity index is 0.00000225. The van der Waals surface area contributed by atoms with Gasteiger partial charge in [-0.3, -0.25) is 4.99 Å². The van der Waals surface area contributed by atoms with Gasteiger partial charge in [0, 0.05) is 26.7 Å². The summed E-state index contributed by atoms with van der Waals surface area (Å²) in [5, 5.41) is 13.8. The minimum Gasteiger partial charge on any atom is -0.388 e. The van der Waals surface area contributed by atoms with Gasteiger partial charge in [0.15, 0.2) is 15.8 Å². The Labute approximate surface area is 168 Å². The second-order valence-electron chi connectivity index (χ2n) is 7.82. The molecule has 2 aliphatic carbocycles. The van der Waals surface area contributed by atoms with Crippen molar-refractivity contribution < 1.29 is 13.5 Å². The summed E-state index contributed by atoms with van der Waals surface area (Å²) in [6.07, 6.45) is 8.48. The highest BCUT2D eigenvalue weighted by Crippen LogP contribution is 2.38. The van der Waals surface area contributed by atoms with Crippen LogP contribution in [0.1, 0.15) is 57.8 Å². The number of hydrogen-bond acceptors (Lipinski definition) is 4. The number of aliphatic imine (C=N–C) groups is 1. The molecular formula is C17H32IN3O3S. The molecule has 1 aliphatic heterocycles. The minimum absolute atomic E-state index is 0. The molecule has 0 amide bonds. The fraction of sp³-hybridized carbons (Fsp3) is 0.941. The minimum atomic E-state index is -3.04. The lowest BCUT2D eigenvalue weighted by atomic mass is 9.87. The second-order valence-corrected chi connectivity index (χ2v) is 10.3. The maximum atomic E-state index is 12.7. The zero-order valence-corrected chi connectivity index (χ0v) is 18.3. The summed E-state index contributed by atoms with van der Waals surface area (Å²) in [4.78, 5) is 6.44. The molecule has 2 saturated carbocycles. The largest absolute Gasteiger partial charge is 0.388 e. The molecule has 25 heavy (non-hydrogen) atoms. The van der Waals surface area contributed by atoms with Gasteiger partial charge in [0.25, 0.3) is 0 Å². The maximum absolute atomic E-state index is 12.7. The van der Waals surface area contributed by atoms with Crippen LogP contribution in [0, 0.1) is 0 Å². The highest BCUT2D eigenvalue weighted by atomic mass is 127. The van der Waals surface area contributed by atoms with Crippen LogP contribution in [-0.4, -0.2) is 67.2 Å². The van der Waals surface area contributed by atoms with E-state index in [0.29, 0.717) is 19.6 Å². The number of sulfone groups is 1. The Hall–Kier alpha value is -0.0900. The molecule has 0 unspecified atom stereocenters. The number of halogens is 1. The van der Waals surface area contributed by atoms with Crippen molar-refractivity contribution in [3.05, 3.63) is 0 Å². The average Bonchev–Trinajstić information content (AvgIpc) is 2.99. The summed E-state index contributed by atoms with van der Waals surface area (Å²) < 4.78 is 24.8. The third-order valence-electron chi connectivity index (χ3n) is 6.15. The molecule has 6 nitrogen and oxygen atoms in total. The standard InChI is InChI=1S/C17H31N3O3S.HI/c1-18-15(19-13-16(21)7-5-6-8-16)20-11-12-24(22,23)17(14-20)9-3-2-4-10-17;/h21H,2-14H2,1H3,(H,18,19);1H. The molecule has 3 aliphatic rings. The second kappa shape index (κ2) is 8.29. The molecule has 8 heteroatoms. The number of guanidine groups is 1. The van der Waals surface area contributed by atoms with Crippen LogP contribution in [0.4, 0.5) is 0 Å². The SMILES string of the molecule is CN=C(NCC1(O)CCCC1)N1CCS(=O)(=O)C2(CCCCC2)C1.I. The van der Waals surface area contributed by atoms with Crippen molar-refractivity contribution in [2.24, 2.45) is 4.99 Å². The Morgan fingerprint density at radius 1 is 1.12 bits per heavy atom. The van der Waals surface area contributed by atoms with Crippen molar-refractivity contribution in [1.29, 1.82) is 0 Å². The van der Waals surface area contributed by atoms with E-state index < -0.39 is 20.2 Å². The van der Waals surface area contributed by atoms with Gasteiger partial charge in [-0.2, -0.15) is 0 Å². The number of rotatable bonds is 2. The maximum Gasteiger partial charge on any atom is 0.193 e. The quantitative estimate of drug-likeness (QED) is 0.355. The summed E-state index contributed by atoms with van der Waals surface area (Å²) >= 11 is 0. The van der Waals surface area contributed by atoms with E-state index in [2.05, 4.69) is 15.2 Å². The van der Waals surface area contributed by atoms with E-state index in [0.717, 1.165) is 63.7 Å². The first-order chi connectivity index (χ1) is 11.4. The van der Waals surface area contributed by atoms with Gasteiger partial charge in [-0.1, -0.05) is 32.1 Å². The molecule has 0 atom stereocenters. The van der Waals surface area contributed by atoms with Crippen LogP contribution in [-0.2, 0) is 9.84 Å². The molecule has 146 valence electrons. The van der Waals surface area contributed by atoms with Crippen LogP contribution in [0.5, 0.6) is 0 Å². The molecule has 1 heterocycles. The number of nitrogens with one attached hydrogen (secondary N) is 1. The van der Waals surface area contributed by atoms with E-state index in [1.165, 1.54) is 0 Å². The predicted molar refractivity (Wildman–Crippen MR) is 111 cm³/mol. The molecule has 0 radical (unpaired) electrons. The van der Waals surface area contributed by atoms with Crippen molar-refractivity contribution in [2.45, 2.75) is 68.1 Å². The molecule has 1 spiro atoms. The lowest BCUT2D eigenvalue weighted by Crippen LogP contribution is -2.61. The number of hydrogen-bond donors (Lipinski definition) is 2. The number of aliphatic hydroxyl groups is 1. The van der Waals surface area contributed by atoms with Gasteiger partial charge in [-0.25, -0.2) is 8.42 Å². The molecular weight excluding hydrogens is 453 g/mol. The highest BCUT2D eigenvalue weighted by molar-refractivity contribution is 14.0. The zero-order chi connectivity index (χ0) is 17.3. The smallest absolute Gasteiger partial charge is 0.193 e. The van der Waals surface area contributed by atoms with Crippen molar-refractivity contribution in [3.8, 4) is 0 Å². The van der Waals surface area contributed by atoms with Crippen LogP contribution in [0.3, 0.4) is 0 Å². The third kappa shape index (κ3) is 4.43. The Morgan fingerprint density at radius 2 is 1.72 bits per heavy atom. The van der Waals surface area contributed by atoms with Crippen LogP contribution in [0.2, 0.25) is 0 Å². The predicted octanol–water partition coefficient (Wildman–Crippen LogP) is 1.92. The van der Waals surface area contributed by atoms with E-state index in [9.17, 15) is 13.5 Å². The van der Waals surface area contributed by atoms with Crippen molar-refractivity contribution in [2.75, 3.05) is 32.4 Å². The molecule has 1 saturated heterocycles. The summed E-state index contributed by atoms with van der Waals surface area (Å²) in [5.74, 6) is 0.938. The lowest BCUT2D eigenvalue weighted by Gasteiger charge is -2.45. The molecule has 0 aromatic rings. The highest BCUT2D eigenvalue weighted by Gasteiger charge is 2.48. The van der Waals surface area contributed by atoms with Gasteiger partial charge in [0.2, 0.25) is 0 Å².